The van der Waals surface area contributed by atoms with Crippen molar-refractivity contribution in [2.45, 2.75) is 26.1 Å². The molecule has 2 aromatic rings. The summed E-state index contributed by atoms with van der Waals surface area (Å²) in [5.74, 6) is 0. The van der Waals surface area contributed by atoms with E-state index in [1.807, 2.05) is 16.9 Å². The van der Waals surface area contributed by atoms with Gasteiger partial charge in [0.25, 0.3) is 0 Å². The van der Waals surface area contributed by atoms with Gasteiger partial charge in [0.1, 0.15) is 0 Å². The Morgan fingerprint density at radius 3 is 3.12 bits per heavy atom. The van der Waals surface area contributed by atoms with Crippen LogP contribution in [0, 0.1) is 0 Å². The molecule has 0 bridgehead atoms. The third kappa shape index (κ3) is 3.18. The monoisotopic (exact) mass is 283 g/mol. The Hall–Kier alpha value is -1.14. The van der Waals surface area contributed by atoms with Crippen LogP contribution in [-0.2, 0) is 13.1 Å². The molecule has 0 aliphatic heterocycles. The zero-order valence-corrected chi connectivity index (χ0v) is 10.6. The maximum absolute atomic E-state index is 4.21. The molecule has 6 heteroatoms. The average molecular weight is 284 g/mol. The maximum atomic E-state index is 4.21. The average Bonchev–Trinajstić information content (AvgIpc) is 2.87. The van der Waals surface area contributed by atoms with Crippen LogP contribution in [0.5, 0.6) is 0 Å². The lowest BCUT2D eigenvalue weighted by molar-refractivity contribution is 0.448. The lowest BCUT2D eigenvalue weighted by atomic mass is 10.3. The number of hydrogen-bond donors (Lipinski definition) is 2. The van der Waals surface area contributed by atoms with Crippen molar-refractivity contribution in [3.8, 4) is 0 Å². The van der Waals surface area contributed by atoms with Gasteiger partial charge in [-0.2, -0.15) is 10.2 Å². The molecule has 0 radical (unpaired) electrons. The number of H-pyrrole nitrogens is 1. The number of rotatable bonds is 5. The Bertz CT molecular complexity index is 422. The number of nitrogens with zero attached hydrogens (tertiary/aromatic N) is 3. The van der Waals surface area contributed by atoms with Crippen molar-refractivity contribution in [2.24, 2.45) is 0 Å². The zero-order chi connectivity index (χ0) is 11.4. The largest absolute Gasteiger partial charge is 0.307 e. The Labute approximate surface area is 102 Å². The first-order chi connectivity index (χ1) is 7.74. The molecule has 86 valence electrons. The highest BCUT2D eigenvalue weighted by molar-refractivity contribution is 9.10. The second-order valence-corrected chi connectivity index (χ2v) is 4.66. The highest BCUT2D eigenvalue weighted by atomic mass is 79.9. The molecule has 5 nitrogen and oxygen atoms in total. The Kier molecular flexibility index (Phi) is 3.74. The van der Waals surface area contributed by atoms with Crippen molar-refractivity contribution >= 4 is 15.9 Å². The molecule has 16 heavy (non-hydrogen) atoms. The first-order valence-electron chi connectivity index (χ1n) is 5.13. The Morgan fingerprint density at radius 2 is 2.50 bits per heavy atom. The van der Waals surface area contributed by atoms with E-state index in [-0.39, 0.29) is 0 Å². The third-order valence-electron chi connectivity index (χ3n) is 2.26. The summed E-state index contributed by atoms with van der Waals surface area (Å²) in [6.45, 7) is 3.77. The van der Waals surface area contributed by atoms with E-state index in [9.17, 15) is 0 Å². The van der Waals surface area contributed by atoms with Gasteiger partial charge in [0.05, 0.1) is 17.2 Å². The molecular formula is C10H14BrN5. The number of aromatic amines is 1. The predicted molar refractivity (Wildman–Crippen MR) is 64.8 cm³/mol. The molecule has 1 atom stereocenters. The van der Waals surface area contributed by atoms with Gasteiger partial charge in [0, 0.05) is 30.7 Å². The van der Waals surface area contributed by atoms with E-state index in [2.05, 4.69) is 43.5 Å². The minimum Gasteiger partial charge on any atom is -0.307 e. The van der Waals surface area contributed by atoms with Crippen LogP contribution in [0.25, 0.3) is 0 Å². The maximum Gasteiger partial charge on any atom is 0.0632 e. The van der Waals surface area contributed by atoms with Crippen molar-refractivity contribution < 1.29 is 0 Å². The van der Waals surface area contributed by atoms with Crippen LogP contribution in [0.2, 0.25) is 0 Å². The third-order valence-corrected chi connectivity index (χ3v) is 2.67. The van der Waals surface area contributed by atoms with Crippen molar-refractivity contribution in [2.75, 3.05) is 0 Å². The molecule has 2 heterocycles. The smallest absolute Gasteiger partial charge is 0.0632 e. The topological polar surface area (TPSA) is 58.5 Å². The van der Waals surface area contributed by atoms with E-state index in [4.69, 9.17) is 0 Å². The Morgan fingerprint density at radius 1 is 1.62 bits per heavy atom. The van der Waals surface area contributed by atoms with Crippen molar-refractivity contribution in [3.63, 3.8) is 0 Å². The molecule has 0 aliphatic carbocycles. The van der Waals surface area contributed by atoms with Gasteiger partial charge in [-0.05, 0) is 28.9 Å². The van der Waals surface area contributed by atoms with Gasteiger partial charge < -0.3 is 5.32 Å². The van der Waals surface area contributed by atoms with Gasteiger partial charge in [-0.3, -0.25) is 9.78 Å². The molecule has 1 unspecified atom stereocenters. The summed E-state index contributed by atoms with van der Waals surface area (Å²) in [6.07, 6.45) is 5.52. The van der Waals surface area contributed by atoms with Gasteiger partial charge in [-0.15, -0.1) is 0 Å². The van der Waals surface area contributed by atoms with Crippen LogP contribution < -0.4 is 5.32 Å². The lowest BCUT2D eigenvalue weighted by Gasteiger charge is -2.12. The lowest BCUT2D eigenvalue weighted by Crippen LogP contribution is -2.30. The molecule has 0 fully saturated rings. The molecule has 0 aromatic carbocycles. The van der Waals surface area contributed by atoms with Gasteiger partial charge >= 0.3 is 0 Å². The number of hydrogen-bond acceptors (Lipinski definition) is 3. The minimum atomic E-state index is 0.357. The fourth-order valence-electron chi connectivity index (χ4n) is 1.45. The first-order valence-corrected chi connectivity index (χ1v) is 5.93. The molecule has 2 aromatic heterocycles. The molecule has 0 saturated carbocycles. The van der Waals surface area contributed by atoms with Gasteiger partial charge in [0.15, 0.2) is 0 Å². The van der Waals surface area contributed by atoms with Gasteiger partial charge in [-0.1, -0.05) is 0 Å². The van der Waals surface area contributed by atoms with Crippen LogP contribution in [0.1, 0.15) is 12.6 Å². The molecule has 0 saturated heterocycles. The van der Waals surface area contributed by atoms with E-state index in [1.165, 1.54) is 0 Å². The highest BCUT2D eigenvalue weighted by Crippen LogP contribution is 2.06. The highest BCUT2D eigenvalue weighted by Gasteiger charge is 2.04. The molecule has 2 rings (SSSR count). The number of halogens is 1. The normalized spacial score (nSPS) is 12.9. The molecule has 0 amide bonds. The summed E-state index contributed by atoms with van der Waals surface area (Å²) in [5.41, 5.74) is 1.09. The first kappa shape index (κ1) is 11.3. The number of aromatic nitrogens is 4. The SMILES string of the molecule is CC(Cn1cc(Br)cn1)NCc1ccn[nH]1. The van der Waals surface area contributed by atoms with Crippen LogP contribution in [0.15, 0.2) is 29.1 Å². The summed E-state index contributed by atoms with van der Waals surface area (Å²) in [4.78, 5) is 0. The summed E-state index contributed by atoms with van der Waals surface area (Å²) in [6, 6.07) is 2.32. The van der Waals surface area contributed by atoms with E-state index >= 15 is 0 Å². The Balaban J connectivity index is 1.78. The van der Waals surface area contributed by atoms with Crippen molar-refractivity contribution in [1.29, 1.82) is 0 Å². The van der Waals surface area contributed by atoms with Crippen LogP contribution in [0.4, 0.5) is 0 Å². The fraction of sp³-hybridized carbons (Fsp3) is 0.400. The second kappa shape index (κ2) is 5.27. The quantitative estimate of drug-likeness (QED) is 0.875. The van der Waals surface area contributed by atoms with E-state index < -0.39 is 0 Å². The zero-order valence-electron chi connectivity index (χ0n) is 9.02. The van der Waals surface area contributed by atoms with Crippen LogP contribution >= 0.6 is 15.9 Å². The van der Waals surface area contributed by atoms with Crippen LogP contribution in [0.3, 0.4) is 0 Å². The van der Waals surface area contributed by atoms with Gasteiger partial charge in [0.2, 0.25) is 0 Å². The van der Waals surface area contributed by atoms with E-state index in [1.54, 1.807) is 12.4 Å². The fourth-order valence-corrected chi connectivity index (χ4v) is 1.78. The van der Waals surface area contributed by atoms with Crippen molar-refractivity contribution in [3.05, 3.63) is 34.8 Å². The molecule has 2 N–H and O–H groups in total. The second-order valence-electron chi connectivity index (χ2n) is 3.74. The predicted octanol–water partition coefficient (Wildman–Crippen LogP) is 1.55. The molecule has 0 spiro atoms. The van der Waals surface area contributed by atoms with Crippen LogP contribution in [-0.4, -0.2) is 26.0 Å². The summed E-state index contributed by atoms with van der Waals surface area (Å²) in [5, 5.41) is 14.4. The molecule has 0 aliphatic rings. The summed E-state index contributed by atoms with van der Waals surface area (Å²) >= 11 is 3.38. The van der Waals surface area contributed by atoms with Gasteiger partial charge in [-0.25, -0.2) is 0 Å². The summed E-state index contributed by atoms with van der Waals surface area (Å²) in [7, 11) is 0. The standard InChI is InChI=1S/C10H14BrN5/c1-8(6-16-7-9(11)4-14-16)12-5-10-2-3-13-15-10/h2-4,7-8,12H,5-6H2,1H3,(H,13,15). The molecular weight excluding hydrogens is 270 g/mol. The van der Waals surface area contributed by atoms with E-state index in [0.29, 0.717) is 6.04 Å². The minimum absolute atomic E-state index is 0.357. The van der Waals surface area contributed by atoms with E-state index in [0.717, 1.165) is 23.3 Å². The number of nitrogens with one attached hydrogen (secondary N) is 2. The summed E-state index contributed by atoms with van der Waals surface area (Å²) < 4.78 is 2.92. The van der Waals surface area contributed by atoms with Crippen molar-refractivity contribution in [1.82, 2.24) is 25.3 Å².